The predicted octanol–water partition coefficient (Wildman–Crippen LogP) is 3.72. The topological polar surface area (TPSA) is 77.4 Å². The van der Waals surface area contributed by atoms with Gasteiger partial charge >= 0.3 is 0 Å². The Balaban J connectivity index is 1.96. The molecule has 3 rings (SSSR count). The Bertz CT molecular complexity index is 997. The quantitative estimate of drug-likeness (QED) is 0.551. The third-order valence-corrected chi connectivity index (χ3v) is 4.58. The Hall–Kier alpha value is -3.61. The number of ether oxygens (including phenoxy) is 3. The first-order chi connectivity index (χ1) is 13.9. The molecule has 1 aliphatic heterocycles. The van der Waals surface area contributed by atoms with E-state index in [1.807, 2.05) is 0 Å². The van der Waals surface area contributed by atoms with E-state index in [9.17, 15) is 9.59 Å². The third-order valence-electron chi connectivity index (χ3n) is 4.58. The standard InChI is InChI=1S/C22H22N2O5/c1-13-18(10-15-11-19(27-3)21(29-5)20(12-15)28-4)22(26)24(23-13)17-8-6-16(7-9-17)14(2)25/h6-12H,1-5H3/b18-10+. The van der Waals surface area contributed by atoms with Crippen LogP contribution < -0.4 is 19.2 Å². The van der Waals surface area contributed by atoms with E-state index < -0.39 is 0 Å². The van der Waals surface area contributed by atoms with Crippen molar-refractivity contribution < 1.29 is 23.8 Å². The Morgan fingerprint density at radius 3 is 2.07 bits per heavy atom. The highest BCUT2D eigenvalue weighted by molar-refractivity contribution is 6.32. The predicted molar refractivity (Wildman–Crippen MR) is 111 cm³/mol. The molecule has 1 aliphatic rings. The van der Waals surface area contributed by atoms with E-state index >= 15 is 0 Å². The van der Waals surface area contributed by atoms with Crippen molar-refractivity contribution >= 4 is 29.2 Å². The van der Waals surface area contributed by atoms with Crippen molar-refractivity contribution in [1.82, 2.24) is 0 Å². The lowest BCUT2D eigenvalue weighted by Crippen LogP contribution is -2.21. The van der Waals surface area contributed by atoms with Crippen molar-refractivity contribution in [3.05, 3.63) is 53.1 Å². The van der Waals surface area contributed by atoms with Gasteiger partial charge in [0.1, 0.15) is 0 Å². The van der Waals surface area contributed by atoms with Gasteiger partial charge in [0.2, 0.25) is 5.75 Å². The number of Topliss-reactive ketones (excluding diaryl/α,β-unsaturated/α-hetero) is 1. The summed E-state index contributed by atoms with van der Waals surface area (Å²) in [7, 11) is 4.60. The molecule has 0 aromatic heterocycles. The molecule has 2 aromatic rings. The molecule has 150 valence electrons. The number of ketones is 1. The monoisotopic (exact) mass is 394 g/mol. The van der Waals surface area contributed by atoms with Gasteiger partial charge in [0.05, 0.1) is 38.3 Å². The molecule has 1 amide bonds. The van der Waals surface area contributed by atoms with E-state index in [-0.39, 0.29) is 11.7 Å². The number of hydrazone groups is 1. The summed E-state index contributed by atoms with van der Waals surface area (Å²) in [4.78, 5) is 24.4. The second-order valence-electron chi connectivity index (χ2n) is 6.42. The summed E-state index contributed by atoms with van der Waals surface area (Å²) in [6.07, 6.45) is 1.73. The lowest BCUT2D eigenvalue weighted by molar-refractivity contribution is -0.114. The smallest absolute Gasteiger partial charge is 0.280 e. The summed E-state index contributed by atoms with van der Waals surface area (Å²) in [5.74, 6) is 1.18. The average Bonchev–Trinajstić information content (AvgIpc) is 3.01. The number of hydrogen-bond donors (Lipinski definition) is 0. The maximum atomic E-state index is 13.0. The number of hydrogen-bond acceptors (Lipinski definition) is 6. The van der Waals surface area contributed by atoms with Crippen LogP contribution in [0.25, 0.3) is 6.08 Å². The van der Waals surface area contributed by atoms with Crippen molar-refractivity contribution in [1.29, 1.82) is 0 Å². The number of methoxy groups -OCH3 is 3. The highest BCUT2D eigenvalue weighted by Crippen LogP contribution is 2.39. The molecular formula is C22H22N2O5. The molecule has 1 heterocycles. The molecular weight excluding hydrogens is 372 g/mol. The zero-order valence-corrected chi connectivity index (χ0v) is 17.0. The summed E-state index contributed by atoms with van der Waals surface area (Å²) in [6, 6.07) is 10.3. The Morgan fingerprint density at radius 1 is 1.00 bits per heavy atom. The molecule has 29 heavy (non-hydrogen) atoms. The van der Waals surface area contributed by atoms with Crippen LogP contribution in [0.15, 0.2) is 47.1 Å². The van der Waals surface area contributed by atoms with Gasteiger partial charge < -0.3 is 14.2 Å². The van der Waals surface area contributed by atoms with Gasteiger partial charge in [0, 0.05) is 5.56 Å². The van der Waals surface area contributed by atoms with Crippen LogP contribution in [0.2, 0.25) is 0 Å². The Morgan fingerprint density at radius 2 is 1.59 bits per heavy atom. The molecule has 0 radical (unpaired) electrons. The van der Waals surface area contributed by atoms with Crippen molar-refractivity contribution in [2.24, 2.45) is 5.10 Å². The molecule has 7 nitrogen and oxygen atoms in total. The number of benzene rings is 2. The first-order valence-electron chi connectivity index (χ1n) is 8.92. The lowest BCUT2D eigenvalue weighted by atomic mass is 10.1. The van der Waals surface area contributed by atoms with Crippen LogP contribution in [0.4, 0.5) is 5.69 Å². The second kappa shape index (κ2) is 8.18. The number of carbonyl (C=O) groups excluding carboxylic acids is 2. The molecule has 0 atom stereocenters. The second-order valence-corrected chi connectivity index (χ2v) is 6.42. The average molecular weight is 394 g/mol. The zero-order valence-electron chi connectivity index (χ0n) is 17.0. The fourth-order valence-corrected chi connectivity index (χ4v) is 3.05. The van der Waals surface area contributed by atoms with Gasteiger partial charge in [-0.15, -0.1) is 0 Å². The molecule has 0 fully saturated rings. The van der Waals surface area contributed by atoms with Crippen LogP contribution in [-0.2, 0) is 4.79 Å². The van der Waals surface area contributed by atoms with Gasteiger partial charge in [-0.2, -0.15) is 10.1 Å². The normalized spacial score (nSPS) is 14.8. The maximum absolute atomic E-state index is 13.0. The number of nitrogens with zero attached hydrogens (tertiary/aromatic N) is 2. The van der Waals surface area contributed by atoms with Crippen LogP contribution in [0, 0.1) is 0 Å². The molecule has 2 aromatic carbocycles. The summed E-state index contributed by atoms with van der Waals surface area (Å²) in [5.41, 5.74) is 2.92. The molecule has 0 unspecified atom stereocenters. The molecule has 0 aliphatic carbocycles. The van der Waals surface area contributed by atoms with E-state index in [1.165, 1.54) is 33.3 Å². The minimum Gasteiger partial charge on any atom is -0.493 e. The van der Waals surface area contributed by atoms with Crippen LogP contribution in [0.5, 0.6) is 17.2 Å². The molecule has 0 saturated carbocycles. The van der Waals surface area contributed by atoms with Crippen molar-refractivity contribution in [2.45, 2.75) is 13.8 Å². The largest absolute Gasteiger partial charge is 0.493 e. The summed E-state index contributed by atoms with van der Waals surface area (Å²) in [6.45, 7) is 3.27. The minimum absolute atomic E-state index is 0.0352. The van der Waals surface area contributed by atoms with E-state index in [2.05, 4.69) is 5.10 Å². The van der Waals surface area contributed by atoms with Crippen LogP contribution >= 0.6 is 0 Å². The number of rotatable bonds is 6. The van der Waals surface area contributed by atoms with Crippen molar-refractivity contribution in [3.8, 4) is 17.2 Å². The van der Waals surface area contributed by atoms with E-state index in [4.69, 9.17) is 14.2 Å². The Labute approximate surface area is 169 Å². The van der Waals surface area contributed by atoms with Crippen LogP contribution in [0.1, 0.15) is 29.8 Å². The van der Waals surface area contributed by atoms with Gasteiger partial charge in [-0.05, 0) is 61.9 Å². The fraction of sp³-hybridized carbons (Fsp3) is 0.227. The van der Waals surface area contributed by atoms with E-state index in [0.717, 1.165) is 0 Å². The maximum Gasteiger partial charge on any atom is 0.280 e. The van der Waals surface area contributed by atoms with Gasteiger partial charge in [-0.25, -0.2) is 0 Å². The van der Waals surface area contributed by atoms with Gasteiger partial charge in [-0.3, -0.25) is 9.59 Å². The van der Waals surface area contributed by atoms with Crippen molar-refractivity contribution in [3.63, 3.8) is 0 Å². The fourth-order valence-electron chi connectivity index (χ4n) is 3.05. The molecule has 0 bridgehead atoms. The molecule has 0 spiro atoms. The van der Waals surface area contributed by atoms with Crippen molar-refractivity contribution in [2.75, 3.05) is 26.3 Å². The molecule has 0 saturated heterocycles. The minimum atomic E-state index is -0.258. The van der Waals surface area contributed by atoms with E-state index in [1.54, 1.807) is 49.4 Å². The number of amides is 1. The summed E-state index contributed by atoms with van der Waals surface area (Å²) < 4.78 is 16.1. The lowest BCUT2D eigenvalue weighted by Gasteiger charge is -2.13. The Kier molecular flexibility index (Phi) is 5.68. The highest BCUT2D eigenvalue weighted by atomic mass is 16.5. The first kappa shape index (κ1) is 20.1. The summed E-state index contributed by atoms with van der Waals surface area (Å²) >= 11 is 0. The van der Waals surface area contributed by atoms with Gasteiger partial charge in [-0.1, -0.05) is 0 Å². The first-order valence-corrected chi connectivity index (χ1v) is 8.92. The zero-order chi connectivity index (χ0) is 21.1. The summed E-state index contributed by atoms with van der Waals surface area (Å²) in [5, 5.41) is 5.69. The van der Waals surface area contributed by atoms with E-state index in [0.29, 0.717) is 45.3 Å². The molecule has 0 N–H and O–H groups in total. The molecule has 7 heteroatoms. The SMILES string of the molecule is COc1cc(/C=C2/C(=O)N(c3ccc(C(C)=O)cc3)N=C2C)cc(OC)c1OC. The number of carbonyl (C=O) groups is 2. The van der Waals surface area contributed by atoms with Crippen LogP contribution in [-0.4, -0.2) is 38.7 Å². The number of anilines is 1. The van der Waals surface area contributed by atoms with Crippen LogP contribution in [0.3, 0.4) is 0 Å². The van der Waals surface area contributed by atoms with Gasteiger partial charge in [0.25, 0.3) is 5.91 Å². The highest BCUT2D eigenvalue weighted by Gasteiger charge is 2.29. The van der Waals surface area contributed by atoms with Gasteiger partial charge in [0.15, 0.2) is 17.3 Å². The third kappa shape index (κ3) is 3.85.